The van der Waals surface area contributed by atoms with E-state index in [2.05, 4.69) is 5.16 Å². The average Bonchev–Trinajstić information content (AvgIpc) is 2.76. The maximum absolute atomic E-state index is 11.8. The van der Waals surface area contributed by atoms with Crippen LogP contribution in [0.25, 0.3) is 0 Å². The molecule has 0 unspecified atom stereocenters. The number of ether oxygens (including phenoxy) is 1. The van der Waals surface area contributed by atoms with Gasteiger partial charge in [-0.15, -0.1) is 11.8 Å². The average molecular weight is 278 g/mol. The lowest BCUT2D eigenvalue weighted by molar-refractivity contribution is 0.0472. The van der Waals surface area contributed by atoms with Crippen LogP contribution >= 0.6 is 11.8 Å². The maximum Gasteiger partial charge on any atom is 0.346 e. The minimum Gasteiger partial charge on any atom is -0.457 e. The monoisotopic (exact) mass is 278 g/mol. The quantitative estimate of drug-likeness (QED) is 0.684. The number of hydrogen-bond donors (Lipinski definition) is 1. The predicted molar refractivity (Wildman–Crippen MR) is 73.0 cm³/mol. The zero-order valence-corrected chi connectivity index (χ0v) is 11.5. The molecule has 2 rings (SSSR count). The third-order valence-electron chi connectivity index (χ3n) is 2.62. The standard InChI is InChI=1S/C13H14N2O3S/c1-8-11(12(14)18-15-8)13(16)17-7-9-3-5-10(19-2)6-4-9/h3-6H,7,14H2,1-2H3. The Labute approximate surface area is 115 Å². The van der Waals surface area contributed by atoms with E-state index in [4.69, 9.17) is 15.0 Å². The van der Waals surface area contributed by atoms with Crippen LogP contribution in [0.2, 0.25) is 0 Å². The maximum atomic E-state index is 11.8. The van der Waals surface area contributed by atoms with E-state index in [0.29, 0.717) is 5.69 Å². The summed E-state index contributed by atoms with van der Waals surface area (Å²) in [6, 6.07) is 7.80. The van der Waals surface area contributed by atoms with Crippen LogP contribution in [-0.4, -0.2) is 17.4 Å². The molecule has 2 aromatic rings. The molecule has 0 atom stereocenters. The van der Waals surface area contributed by atoms with E-state index in [-0.39, 0.29) is 18.1 Å². The zero-order valence-electron chi connectivity index (χ0n) is 10.7. The number of hydrogen-bond acceptors (Lipinski definition) is 6. The molecule has 100 valence electrons. The zero-order chi connectivity index (χ0) is 13.8. The summed E-state index contributed by atoms with van der Waals surface area (Å²) in [4.78, 5) is 13.0. The third-order valence-corrected chi connectivity index (χ3v) is 3.37. The fourth-order valence-corrected chi connectivity index (χ4v) is 1.99. The molecule has 0 radical (unpaired) electrons. The summed E-state index contributed by atoms with van der Waals surface area (Å²) in [6.07, 6.45) is 2.01. The molecule has 0 fully saturated rings. The number of carbonyl (C=O) groups excluding carboxylic acids is 1. The van der Waals surface area contributed by atoms with Gasteiger partial charge in [0.1, 0.15) is 12.2 Å². The molecule has 0 aliphatic rings. The van der Waals surface area contributed by atoms with E-state index in [1.54, 1.807) is 18.7 Å². The molecule has 19 heavy (non-hydrogen) atoms. The van der Waals surface area contributed by atoms with Crippen molar-refractivity contribution in [1.82, 2.24) is 5.16 Å². The lowest BCUT2D eigenvalue weighted by Gasteiger charge is -2.05. The van der Waals surface area contributed by atoms with Crippen molar-refractivity contribution in [1.29, 1.82) is 0 Å². The van der Waals surface area contributed by atoms with Crippen molar-refractivity contribution in [2.75, 3.05) is 12.0 Å². The molecule has 0 aliphatic carbocycles. The van der Waals surface area contributed by atoms with Crippen LogP contribution in [0.3, 0.4) is 0 Å². The lowest BCUT2D eigenvalue weighted by Crippen LogP contribution is -2.08. The van der Waals surface area contributed by atoms with E-state index < -0.39 is 5.97 Å². The first-order valence-corrected chi connectivity index (χ1v) is 6.86. The molecule has 0 amide bonds. The Balaban J connectivity index is 2.00. The minimum atomic E-state index is -0.523. The number of thioether (sulfide) groups is 1. The third kappa shape index (κ3) is 3.08. The van der Waals surface area contributed by atoms with E-state index in [9.17, 15) is 4.79 Å². The fourth-order valence-electron chi connectivity index (χ4n) is 1.58. The van der Waals surface area contributed by atoms with Gasteiger partial charge in [-0.25, -0.2) is 4.79 Å². The van der Waals surface area contributed by atoms with Gasteiger partial charge in [-0.1, -0.05) is 17.3 Å². The first-order chi connectivity index (χ1) is 9.11. The van der Waals surface area contributed by atoms with Crippen LogP contribution in [0.4, 0.5) is 5.88 Å². The van der Waals surface area contributed by atoms with Crippen LogP contribution in [0, 0.1) is 6.92 Å². The van der Waals surface area contributed by atoms with Gasteiger partial charge < -0.3 is 15.0 Å². The first kappa shape index (κ1) is 13.5. The number of anilines is 1. The summed E-state index contributed by atoms with van der Waals surface area (Å²) in [5, 5.41) is 3.61. The van der Waals surface area contributed by atoms with Gasteiger partial charge in [0.05, 0.1) is 5.69 Å². The number of benzene rings is 1. The van der Waals surface area contributed by atoms with E-state index >= 15 is 0 Å². The molecule has 0 spiro atoms. The van der Waals surface area contributed by atoms with Gasteiger partial charge in [0, 0.05) is 4.90 Å². The summed E-state index contributed by atoms with van der Waals surface area (Å²) < 4.78 is 9.90. The molecule has 1 aromatic carbocycles. The number of nitrogens with zero attached hydrogens (tertiary/aromatic N) is 1. The smallest absolute Gasteiger partial charge is 0.346 e. The van der Waals surface area contributed by atoms with Crippen molar-refractivity contribution in [2.24, 2.45) is 0 Å². The molecule has 0 bridgehead atoms. The Kier molecular flexibility index (Phi) is 4.11. The van der Waals surface area contributed by atoms with Crippen LogP contribution in [0.15, 0.2) is 33.7 Å². The summed E-state index contributed by atoms with van der Waals surface area (Å²) in [5.41, 5.74) is 7.06. The SMILES string of the molecule is CSc1ccc(COC(=O)c2c(C)noc2N)cc1. The number of esters is 1. The van der Waals surface area contributed by atoms with E-state index in [1.807, 2.05) is 30.5 Å². The normalized spacial score (nSPS) is 10.4. The summed E-state index contributed by atoms with van der Waals surface area (Å²) in [7, 11) is 0. The van der Waals surface area contributed by atoms with Gasteiger partial charge in [-0.05, 0) is 30.9 Å². The minimum absolute atomic E-state index is 0.0137. The topological polar surface area (TPSA) is 78.3 Å². The largest absolute Gasteiger partial charge is 0.457 e. The molecule has 6 heteroatoms. The van der Waals surface area contributed by atoms with Crippen molar-refractivity contribution in [3.63, 3.8) is 0 Å². The second-order valence-corrected chi connectivity index (χ2v) is 4.81. The summed E-state index contributed by atoms with van der Waals surface area (Å²) >= 11 is 1.66. The molecule has 0 aliphatic heterocycles. The number of aryl methyl sites for hydroxylation is 1. The van der Waals surface area contributed by atoms with E-state index in [0.717, 1.165) is 10.5 Å². The van der Waals surface area contributed by atoms with Crippen molar-refractivity contribution in [2.45, 2.75) is 18.4 Å². The number of carbonyl (C=O) groups is 1. The lowest BCUT2D eigenvalue weighted by atomic mass is 10.2. The summed E-state index contributed by atoms with van der Waals surface area (Å²) in [6.45, 7) is 1.83. The molecule has 1 aromatic heterocycles. The van der Waals surface area contributed by atoms with Gasteiger partial charge in [-0.3, -0.25) is 0 Å². The highest BCUT2D eigenvalue weighted by Gasteiger charge is 2.19. The predicted octanol–water partition coefficient (Wildman–Crippen LogP) is 2.64. The number of rotatable bonds is 4. The van der Waals surface area contributed by atoms with E-state index in [1.165, 1.54) is 0 Å². The number of nitrogen functional groups attached to an aromatic ring is 1. The van der Waals surface area contributed by atoms with Crippen molar-refractivity contribution < 1.29 is 14.1 Å². The van der Waals surface area contributed by atoms with Gasteiger partial charge in [-0.2, -0.15) is 0 Å². The Hall–Kier alpha value is -1.95. The fraction of sp³-hybridized carbons (Fsp3) is 0.231. The Morgan fingerprint density at radius 2 is 2.11 bits per heavy atom. The second-order valence-electron chi connectivity index (χ2n) is 3.93. The van der Waals surface area contributed by atoms with Gasteiger partial charge in [0.25, 0.3) is 0 Å². The highest BCUT2D eigenvalue weighted by atomic mass is 32.2. The first-order valence-electron chi connectivity index (χ1n) is 5.63. The Morgan fingerprint density at radius 3 is 2.63 bits per heavy atom. The van der Waals surface area contributed by atoms with Gasteiger partial charge in [0.2, 0.25) is 5.88 Å². The highest BCUT2D eigenvalue weighted by Crippen LogP contribution is 2.18. The van der Waals surface area contributed by atoms with Crippen LogP contribution < -0.4 is 5.73 Å². The number of aromatic nitrogens is 1. The van der Waals surface area contributed by atoms with Gasteiger partial charge >= 0.3 is 5.97 Å². The summed E-state index contributed by atoms with van der Waals surface area (Å²) in [5.74, 6) is -0.537. The molecule has 2 N–H and O–H groups in total. The van der Waals surface area contributed by atoms with Crippen LogP contribution in [0.5, 0.6) is 0 Å². The van der Waals surface area contributed by atoms with Crippen molar-refractivity contribution >= 4 is 23.6 Å². The molecule has 0 saturated carbocycles. The Morgan fingerprint density at radius 1 is 1.42 bits per heavy atom. The molecule has 0 saturated heterocycles. The van der Waals surface area contributed by atoms with Crippen LogP contribution in [0.1, 0.15) is 21.6 Å². The molecular formula is C13H14N2O3S. The van der Waals surface area contributed by atoms with Gasteiger partial charge in [0.15, 0.2) is 0 Å². The van der Waals surface area contributed by atoms with Crippen molar-refractivity contribution in [3.05, 3.63) is 41.1 Å². The van der Waals surface area contributed by atoms with Crippen molar-refractivity contribution in [3.8, 4) is 0 Å². The second kappa shape index (κ2) is 5.79. The molecule has 1 heterocycles. The highest BCUT2D eigenvalue weighted by molar-refractivity contribution is 7.98. The number of nitrogens with two attached hydrogens (primary N) is 1. The Bertz CT molecular complexity index is 559. The molecule has 5 nitrogen and oxygen atoms in total. The van der Waals surface area contributed by atoms with Crippen LogP contribution in [-0.2, 0) is 11.3 Å². The molecular weight excluding hydrogens is 264 g/mol.